The summed E-state index contributed by atoms with van der Waals surface area (Å²) in [6.07, 6.45) is 0. The second-order valence-corrected chi connectivity index (χ2v) is 5.09. The van der Waals surface area contributed by atoms with E-state index < -0.39 is 0 Å². The van der Waals surface area contributed by atoms with Crippen molar-refractivity contribution in [2.24, 2.45) is 0 Å². The average molecular weight is 276 g/mol. The Morgan fingerprint density at radius 1 is 1.42 bits per heavy atom. The van der Waals surface area contributed by atoms with Gasteiger partial charge in [0.25, 0.3) is 0 Å². The van der Waals surface area contributed by atoms with Gasteiger partial charge in [0.1, 0.15) is 10.8 Å². The molecule has 1 amide bonds. The predicted octanol–water partition coefficient (Wildman–Crippen LogP) is 2.39. The molecule has 0 spiro atoms. The molecule has 0 unspecified atom stereocenters. The molecule has 0 radical (unpaired) electrons. The molecule has 0 atom stereocenters. The van der Waals surface area contributed by atoms with Crippen molar-refractivity contribution < 1.29 is 9.53 Å². The number of thioether (sulfide) groups is 1. The van der Waals surface area contributed by atoms with Crippen molar-refractivity contribution in [1.29, 1.82) is 0 Å². The van der Waals surface area contributed by atoms with Crippen LogP contribution in [0.25, 0.3) is 10.9 Å². The first kappa shape index (κ1) is 13.7. The highest BCUT2D eigenvalue weighted by Gasteiger charge is 2.07. The number of nitrogens with one attached hydrogen (secondary N) is 1. The van der Waals surface area contributed by atoms with Gasteiger partial charge in [-0.1, -0.05) is 11.8 Å². The van der Waals surface area contributed by atoms with Gasteiger partial charge in [0, 0.05) is 12.4 Å². The maximum atomic E-state index is 11.3. The molecule has 0 aliphatic heterocycles. The lowest BCUT2D eigenvalue weighted by Gasteiger charge is -2.08. The molecular formula is C14H16N2O2S. The number of fused-ring (bicyclic) bond motifs is 1. The van der Waals surface area contributed by atoms with Crippen LogP contribution in [0.3, 0.4) is 0 Å². The molecule has 0 aliphatic rings. The van der Waals surface area contributed by atoms with E-state index in [9.17, 15) is 4.79 Å². The molecule has 2 aromatic rings. The number of hydrogen-bond donors (Lipinski definition) is 1. The summed E-state index contributed by atoms with van der Waals surface area (Å²) in [6.45, 7) is 2.00. The molecule has 0 saturated carbocycles. The zero-order valence-corrected chi connectivity index (χ0v) is 12.0. The van der Waals surface area contributed by atoms with Crippen LogP contribution in [0.4, 0.5) is 0 Å². The summed E-state index contributed by atoms with van der Waals surface area (Å²) in [4.78, 5) is 15.9. The van der Waals surface area contributed by atoms with E-state index in [1.54, 1.807) is 14.2 Å². The molecule has 0 fully saturated rings. The highest BCUT2D eigenvalue weighted by molar-refractivity contribution is 7.99. The number of aromatic nitrogens is 1. The van der Waals surface area contributed by atoms with E-state index in [1.807, 2.05) is 25.1 Å². The molecule has 5 heteroatoms. The zero-order chi connectivity index (χ0) is 13.8. The lowest BCUT2D eigenvalue weighted by Crippen LogP contribution is -2.19. The van der Waals surface area contributed by atoms with Crippen molar-refractivity contribution >= 4 is 28.6 Å². The number of hydrogen-bond acceptors (Lipinski definition) is 4. The van der Waals surface area contributed by atoms with E-state index in [1.165, 1.54) is 11.8 Å². The van der Waals surface area contributed by atoms with Crippen molar-refractivity contribution in [3.63, 3.8) is 0 Å². The molecule has 0 saturated heterocycles. The van der Waals surface area contributed by atoms with Gasteiger partial charge in [-0.05, 0) is 36.8 Å². The van der Waals surface area contributed by atoms with Gasteiger partial charge in [0.15, 0.2) is 0 Å². The third-order valence-electron chi connectivity index (χ3n) is 2.78. The van der Waals surface area contributed by atoms with Gasteiger partial charge in [0.2, 0.25) is 5.91 Å². The van der Waals surface area contributed by atoms with Gasteiger partial charge in [-0.15, -0.1) is 0 Å². The van der Waals surface area contributed by atoms with Crippen LogP contribution in [0.1, 0.15) is 5.56 Å². The Labute approximate surface area is 116 Å². The fourth-order valence-electron chi connectivity index (χ4n) is 1.72. The molecule has 2 rings (SSSR count). The van der Waals surface area contributed by atoms with Crippen LogP contribution in [0.5, 0.6) is 5.75 Å². The predicted molar refractivity (Wildman–Crippen MR) is 77.8 cm³/mol. The van der Waals surface area contributed by atoms with Crippen LogP contribution in [-0.4, -0.2) is 30.8 Å². The van der Waals surface area contributed by atoms with Gasteiger partial charge >= 0.3 is 0 Å². The van der Waals surface area contributed by atoms with Gasteiger partial charge in [-0.2, -0.15) is 0 Å². The Kier molecular flexibility index (Phi) is 4.27. The van der Waals surface area contributed by atoms with E-state index in [4.69, 9.17) is 4.74 Å². The standard InChI is InChI=1S/C14H16N2O2S/c1-9-6-10-7-11(18-3)4-5-12(10)16-14(9)19-8-13(17)15-2/h4-7H,8H2,1-3H3,(H,15,17). The fraction of sp³-hybridized carbons (Fsp3) is 0.286. The van der Waals surface area contributed by atoms with Gasteiger partial charge < -0.3 is 10.1 Å². The number of carbonyl (C=O) groups excluding carboxylic acids is 1. The number of methoxy groups -OCH3 is 1. The van der Waals surface area contributed by atoms with Crippen LogP contribution >= 0.6 is 11.8 Å². The Balaban J connectivity index is 2.31. The molecule has 1 heterocycles. The first-order valence-corrected chi connectivity index (χ1v) is 6.91. The number of carbonyl (C=O) groups is 1. The molecular weight excluding hydrogens is 260 g/mol. The fourth-order valence-corrected chi connectivity index (χ4v) is 2.58. The second-order valence-electron chi connectivity index (χ2n) is 4.13. The quantitative estimate of drug-likeness (QED) is 0.871. The minimum absolute atomic E-state index is 0.000952. The summed E-state index contributed by atoms with van der Waals surface area (Å²) in [5, 5.41) is 4.54. The van der Waals surface area contributed by atoms with Crippen molar-refractivity contribution in [1.82, 2.24) is 10.3 Å². The van der Waals surface area contributed by atoms with Gasteiger partial charge in [-0.3, -0.25) is 4.79 Å². The van der Waals surface area contributed by atoms with Crippen LogP contribution < -0.4 is 10.1 Å². The zero-order valence-electron chi connectivity index (χ0n) is 11.2. The minimum Gasteiger partial charge on any atom is -0.497 e. The van der Waals surface area contributed by atoms with E-state index in [0.29, 0.717) is 5.75 Å². The maximum Gasteiger partial charge on any atom is 0.230 e. The number of nitrogens with zero attached hydrogens (tertiary/aromatic N) is 1. The van der Waals surface area contributed by atoms with Crippen LogP contribution in [0.2, 0.25) is 0 Å². The monoisotopic (exact) mass is 276 g/mol. The van der Waals surface area contributed by atoms with Crippen molar-refractivity contribution in [3.8, 4) is 5.75 Å². The summed E-state index contributed by atoms with van der Waals surface area (Å²) in [7, 11) is 3.28. The second kappa shape index (κ2) is 5.93. The minimum atomic E-state index is 0.000952. The summed E-state index contributed by atoms with van der Waals surface area (Å²) in [5.41, 5.74) is 1.97. The number of rotatable bonds is 4. The van der Waals surface area contributed by atoms with Crippen LogP contribution in [0, 0.1) is 6.92 Å². The number of amides is 1. The van der Waals surface area contributed by atoms with E-state index in [2.05, 4.69) is 16.4 Å². The lowest BCUT2D eigenvalue weighted by atomic mass is 10.1. The number of ether oxygens (including phenoxy) is 1. The summed E-state index contributed by atoms with van der Waals surface area (Å²) < 4.78 is 5.20. The first-order valence-electron chi connectivity index (χ1n) is 5.93. The van der Waals surface area contributed by atoms with Gasteiger partial charge in [-0.25, -0.2) is 4.98 Å². The third-order valence-corrected chi connectivity index (χ3v) is 3.88. The van der Waals surface area contributed by atoms with Crippen molar-refractivity contribution in [2.75, 3.05) is 19.9 Å². The lowest BCUT2D eigenvalue weighted by molar-refractivity contribution is -0.118. The van der Waals surface area contributed by atoms with Crippen LogP contribution in [-0.2, 0) is 4.79 Å². The normalized spacial score (nSPS) is 10.5. The highest BCUT2D eigenvalue weighted by Crippen LogP contribution is 2.26. The molecule has 0 aliphatic carbocycles. The average Bonchev–Trinajstić information content (AvgIpc) is 2.44. The Hall–Kier alpha value is -1.75. The van der Waals surface area contributed by atoms with Crippen LogP contribution in [0.15, 0.2) is 29.3 Å². The summed E-state index contributed by atoms with van der Waals surface area (Å²) in [5.74, 6) is 1.20. The molecule has 1 aromatic carbocycles. The Morgan fingerprint density at radius 2 is 2.21 bits per heavy atom. The smallest absolute Gasteiger partial charge is 0.230 e. The molecule has 100 valence electrons. The molecule has 0 bridgehead atoms. The topological polar surface area (TPSA) is 51.2 Å². The van der Waals surface area contributed by atoms with E-state index in [-0.39, 0.29) is 5.91 Å². The molecule has 19 heavy (non-hydrogen) atoms. The number of pyridine rings is 1. The molecule has 1 aromatic heterocycles. The van der Waals surface area contributed by atoms with E-state index >= 15 is 0 Å². The highest BCUT2D eigenvalue weighted by atomic mass is 32.2. The van der Waals surface area contributed by atoms with Crippen molar-refractivity contribution in [2.45, 2.75) is 11.9 Å². The number of benzene rings is 1. The third kappa shape index (κ3) is 3.17. The maximum absolute atomic E-state index is 11.3. The van der Waals surface area contributed by atoms with Crippen molar-refractivity contribution in [3.05, 3.63) is 29.8 Å². The largest absolute Gasteiger partial charge is 0.497 e. The summed E-state index contributed by atoms with van der Waals surface area (Å²) >= 11 is 1.45. The number of aryl methyl sites for hydroxylation is 1. The molecule has 1 N–H and O–H groups in total. The summed E-state index contributed by atoms with van der Waals surface area (Å²) in [6, 6.07) is 7.84. The van der Waals surface area contributed by atoms with E-state index in [0.717, 1.165) is 27.2 Å². The Bertz CT molecular complexity index is 614. The SMILES string of the molecule is CNC(=O)CSc1nc2ccc(OC)cc2cc1C. The Morgan fingerprint density at radius 3 is 2.89 bits per heavy atom. The van der Waals surface area contributed by atoms with Gasteiger partial charge in [0.05, 0.1) is 18.4 Å². The first-order chi connectivity index (χ1) is 9.13. The molecule has 4 nitrogen and oxygen atoms in total.